The quantitative estimate of drug-likeness (QED) is 0.590. The van der Waals surface area contributed by atoms with E-state index in [1.807, 2.05) is 44.3 Å². The fraction of sp³-hybridized carbons (Fsp3) is 0.292. The van der Waals surface area contributed by atoms with Gasteiger partial charge in [0.2, 0.25) is 5.91 Å². The summed E-state index contributed by atoms with van der Waals surface area (Å²) in [7, 11) is 0. The van der Waals surface area contributed by atoms with Crippen molar-refractivity contribution in [3.05, 3.63) is 95.1 Å². The minimum Gasteiger partial charge on any atom is -0.368 e. The number of nitrogens with one attached hydrogen (secondary N) is 1. The van der Waals surface area contributed by atoms with E-state index in [1.54, 1.807) is 18.6 Å². The maximum Gasteiger partial charge on any atom is 0.242 e. The summed E-state index contributed by atoms with van der Waals surface area (Å²) in [5, 5.41) is 3.52. The molecule has 3 aromatic rings. The van der Waals surface area contributed by atoms with Crippen LogP contribution in [0.4, 0.5) is 0 Å². The number of nitrogens with two attached hydrogens (primary N) is 1. The standard InChI is InChI=1S/C24H28N4O/c1-18-5-6-19(2)22(16-18)24(23(25)29,11-7-20-8-13-26-14-9-20)28-15-10-21-4-3-12-27-17-21/h3-6,8-9,12-14,16-17,28H,7,10-11,15H2,1-2H3,(H2,25,29). The number of nitrogens with zero attached hydrogens (tertiary/aromatic N) is 2. The molecule has 0 saturated heterocycles. The molecule has 2 aromatic heterocycles. The lowest BCUT2D eigenvalue weighted by atomic mass is 9.80. The second kappa shape index (κ2) is 9.43. The smallest absolute Gasteiger partial charge is 0.242 e. The molecule has 0 radical (unpaired) electrons. The van der Waals surface area contributed by atoms with Gasteiger partial charge in [0, 0.05) is 31.3 Å². The molecule has 2 heterocycles. The monoisotopic (exact) mass is 388 g/mol. The number of amides is 1. The summed E-state index contributed by atoms with van der Waals surface area (Å²) in [6, 6.07) is 14.1. The van der Waals surface area contributed by atoms with Gasteiger partial charge in [-0.3, -0.25) is 20.1 Å². The number of carbonyl (C=O) groups is 1. The van der Waals surface area contributed by atoms with Gasteiger partial charge in [-0.05, 0) is 73.6 Å². The van der Waals surface area contributed by atoms with Gasteiger partial charge in [0.05, 0.1) is 0 Å². The molecule has 150 valence electrons. The van der Waals surface area contributed by atoms with Crippen molar-refractivity contribution in [2.75, 3.05) is 6.54 Å². The van der Waals surface area contributed by atoms with Crippen LogP contribution in [0.2, 0.25) is 0 Å². The van der Waals surface area contributed by atoms with E-state index < -0.39 is 5.54 Å². The van der Waals surface area contributed by atoms with E-state index in [4.69, 9.17) is 5.73 Å². The van der Waals surface area contributed by atoms with Crippen molar-refractivity contribution in [3.8, 4) is 0 Å². The van der Waals surface area contributed by atoms with Crippen molar-refractivity contribution >= 4 is 5.91 Å². The Hall–Kier alpha value is -3.05. The van der Waals surface area contributed by atoms with Gasteiger partial charge in [-0.15, -0.1) is 0 Å². The molecule has 29 heavy (non-hydrogen) atoms. The number of hydrogen-bond acceptors (Lipinski definition) is 4. The molecule has 1 atom stereocenters. The SMILES string of the molecule is Cc1ccc(C)c(C(CCc2ccncc2)(NCCc2cccnc2)C(N)=O)c1. The molecule has 1 unspecified atom stereocenters. The van der Waals surface area contributed by atoms with Gasteiger partial charge in [0.1, 0.15) is 5.54 Å². The Balaban J connectivity index is 1.90. The Labute approximate surface area is 172 Å². The zero-order valence-electron chi connectivity index (χ0n) is 17.1. The second-order valence-electron chi connectivity index (χ2n) is 7.48. The summed E-state index contributed by atoms with van der Waals surface area (Å²) in [5.74, 6) is -0.355. The van der Waals surface area contributed by atoms with Crippen molar-refractivity contribution in [1.82, 2.24) is 15.3 Å². The Morgan fingerprint density at radius 1 is 1.00 bits per heavy atom. The van der Waals surface area contributed by atoms with Gasteiger partial charge in [-0.1, -0.05) is 29.8 Å². The van der Waals surface area contributed by atoms with E-state index in [9.17, 15) is 4.79 Å². The Kier molecular flexibility index (Phi) is 6.73. The number of aryl methyl sites for hydroxylation is 3. The number of rotatable bonds is 9. The van der Waals surface area contributed by atoms with Crippen LogP contribution in [0.1, 0.15) is 34.2 Å². The first-order valence-electron chi connectivity index (χ1n) is 9.92. The Morgan fingerprint density at radius 3 is 2.48 bits per heavy atom. The third-order valence-corrected chi connectivity index (χ3v) is 5.37. The molecule has 5 nitrogen and oxygen atoms in total. The summed E-state index contributed by atoms with van der Waals surface area (Å²) in [6.45, 7) is 4.69. The lowest BCUT2D eigenvalue weighted by Crippen LogP contribution is -2.54. The van der Waals surface area contributed by atoms with Crippen LogP contribution in [0, 0.1) is 13.8 Å². The summed E-state index contributed by atoms with van der Waals surface area (Å²) < 4.78 is 0. The average molecular weight is 389 g/mol. The van der Waals surface area contributed by atoms with Crippen LogP contribution < -0.4 is 11.1 Å². The lowest BCUT2D eigenvalue weighted by Gasteiger charge is -2.34. The van der Waals surface area contributed by atoms with Crippen molar-refractivity contribution in [3.63, 3.8) is 0 Å². The molecule has 0 bridgehead atoms. The summed E-state index contributed by atoms with van der Waals surface area (Å²) in [5.41, 5.74) is 10.5. The maximum atomic E-state index is 12.9. The summed E-state index contributed by atoms with van der Waals surface area (Å²) in [4.78, 5) is 21.1. The van der Waals surface area contributed by atoms with Gasteiger partial charge in [-0.25, -0.2) is 0 Å². The zero-order valence-corrected chi connectivity index (χ0v) is 17.1. The Bertz CT molecular complexity index is 944. The number of primary amides is 1. The first kappa shape index (κ1) is 20.7. The lowest BCUT2D eigenvalue weighted by molar-refractivity contribution is -0.125. The highest BCUT2D eigenvalue weighted by Gasteiger charge is 2.38. The predicted molar refractivity (Wildman–Crippen MR) is 115 cm³/mol. The van der Waals surface area contributed by atoms with Crippen LogP contribution in [0.3, 0.4) is 0 Å². The van der Waals surface area contributed by atoms with Crippen LogP contribution in [-0.2, 0) is 23.2 Å². The van der Waals surface area contributed by atoms with Crippen molar-refractivity contribution in [1.29, 1.82) is 0 Å². The maximum absolute atomic E-state index is 12.9. The molecule has 0 aliphatic heterocycles. The molecular weight excluding hydrogens is 360 g/mol. The van der Waals surface area contributed by atoms with E-state index in [0.717, 1.165) is 40.7 Å². The van der Waals surface area contributed by atoms with Gasteiger partial charge in [0.25, 0.3) is 0 Å². The highest BCUT2D eigenvalue weighted by Crippen LogP contribution is 2.30. The fourth-order valence-corrected chi connectivity index (χ4v) is 3.70. The number of benzene rings is 1. The molecule has 0 aliphatic rings. The van der Waals surface area contributed by atoms with Gasteiger partial charge >= 0.3 is 0 Å². The molecular formula is C24H28N4O. The van der Waals surface area contributed by atoms with Gasteiger partial charge in [-0.2, -0.15) is 0 Å². The normalized spacial score (nSPS) is 13.0. The predicted octanol–water partition coefficient (Wildman–Crippen LogP) is 3.24. The number of hydrogen-bond donors (Lipinski definition) is 2. The Morgan fingerprint density at radius 2 is 1.79 bits per heavy atom. The minimum atomic E-state index is -0.943. The van der Waals surface area contributed by atoms with Crippen LogP contribution >= 0.6 is 0 Å². The number of pyridine rings is 2. The number of aromatic nitrogens is 2. The first-order valence-corrected chi connectivity index (χ1v) is 9.92. The molecule has 0 aliphatic carbocycles. The molecule has 0 spiro atoms. The molecule has 0 fully saturated rings. The highest BCUT2D eigenvalue weighted by atomic mass is 16.1. The largest absolute Gasteiger partial charge is 0.368 e. The van der Waals surface area contributed by atoms with E-state index in [1.165, 1.54) is 0 Å². The molecule has 0 saturated carbocycles. The molecule has 3 N–H and O–H groups in total. The summed E-state index contributed by atoms with van der Waals surface area (Å²) in [6.07, 6.45) is 9.22. The first-order chi connectivity index (χ1) is 14.0. The van der Waals surface area contributed by atoms with E-state index in [-0.39, 0.29) is 5.91 Å². The van der Waals surface area contributed by atoms with Crippen molar-refractivity contribution < 1.29 is 4.79 Å². The van der Waals surface area contributed by atoms with Gasteiger partial charge in [0.15, 0.2) is 0 Å². The average Bonchev–Trinajstić information content (AvgIpc) is 2.74. The van der Waals surface area contributed by atoms with E-state index >= 15 is 0 Å². The molecule has 1 aromatic carbocycles. The minimum absolute atomic E-state index is 0.355. The molecule has 3 rings (SSSR count). The number of carbonyl (C=O) groups excluding carboxylic acids is 1. The van der Waals surface area contributed by atoms with Crippen LogP contribution in [-0.4, -0.2) is 22.4 Å². The fourth-order valence-electron chi connectivity index (χ4n) is 3.70. The van der Waals surface area contributed by atoms with Crippen LogP contribution in [0.5, 0.6) is 0 Å². The van der Waals surface area contributed by atoms with Crippen LogP contribution in [0.15, 0.2) is 67.3 Å². The van der Waals surface area contributed by atoms with Gasteiger partial charge < -0.3 is 5.73 Å². The third-order valence-electron chi connectivity index (χ3n) is 5.37. The summed E-state index contributed by atoms with van der Waals surface area (Å²) >= 11 is 0. The van der Waals surface area contributed by atoms with Crippen LogP contribution in [0.25, 0.3) is 0 Å². The zero-order chi connectivity index (χ0) is 20.7. The van der Waals surface area contributed by atoms with Crippen molar-refractivity contribution in [2.45, 2.75) is 38.6 Å². The third kappa shape index (κ3) is 5.06. The molecule has 1 amide bonds. The van der Waals surface area contributed by atoms with E-state index in [0.29, 0.717) is 13.0 Å². The highest BCUT2D eigenvalue weighted by molar-refractivity contribution is 5.86. The van der Waals surface area contributed by atoms with E-state index in [2.05, 4.69) is 33.5 Å². The van der Waals surface area contributed by atoms with Crippen molar-refractivity contribution in [2.24, 2.45) is 5.73 Å². The second-order valence-corrected chi connectivity index (χ2v) is 7.48. The molecule has 5 heteroatoms. The topological polar surface area (TPSA) is 80.9 Å².